The second-order valence-electron chi connectivity index (χ2n) is 11.3. The number of anilines is 1. The van der Waals surface area contributed by atoms with Crippen LogP contribution in [0.15, 0.2) is 73.2 Å². The second kappa shape index (κ2) is 14.7. The summed E-state index contributed by atoms with van der Waals surface area (Å²) in [7, 11) is 0. The van der Waals surface area contributed by atoms with Gasteiger partial charge in [0.05, 0.1) is 23.4 Å². The Morgan fingerprint density at radius 2 is 1.82 bits per heavy atom. The van der Waals surface area contributed by atoms with Gasteiger partial charge in [0.1, 0.15) is 5.82 Å². The highest BCUT2D eigenvalue weighted by molar-refractivity contribution is 6.30. The van der Waals surface area contributed by atoms with E-state index in [9.17, 15) is 4.79 Å². The molecule has 0 radical (unpaired) electrons. The number of aryl methyl sites for hydroxylation is 2. The number of imidazole rings is 1. The number of piperidine rings is 1. The smallest absolute Gasteiger partial charge is 0.321 e. The first-order chi connectivity index (χ1) is 21.9. The number of fused-ring (bicyclic) bond motifs is 2. The van der Waals surface area contributed by atoms with Crippen molar-refractivity contribution in [1.82, 2.24) is 19.4 Å². The fourth-order valence-electron chi connectivity index (χ4n) is 6.33. The fraction of sp³-hybridized carbons (Fsp3) is 0.306. The molecule has 45 heavy (non-hydrogen) atoms. The maximum Gasteiger partial charge on any atom is 0.321 e. The summed E-state index contributed by atoms with van der Waals surface area (Å²) in [6, 6.07) is 21.2. The van der Waals surface area contributed by atoms with E-state index in [0.29, 0.717) is 30.3 Å². The summed E-state index contributed by atoms with van der Waals surface area (Å²) in [5.74, 6) is 1.47. The molecule has 1 aliphatic carbocycles. The van der Waals surface area contributed by atoms with Gasteiger partial charge in [0.15, 0.2) is 0 Å². The summed E-state index contributed by atoms with van der Waals surface area (Å²) >= 11 is 6.59. The number of hydrogen-bond donors (Lipinski definition) is 1. The number of likely N-dealkylation sites (tertiary alicyclic amines) is 1. The van der Waals surface area contributed by atoms with Crippen LogP contribution in [-0.2, 0) is 6.54 Å². The Morgan fingerprint density at radius 3 is 2.51 bits per heavy atom. The van der Waals surface area contributed by atoms with Crippen molar-refractivity contribution in [1.29, 1.82) is 10.5 Å². The van der Waals surface area contributed by atoms with Gasteiger partial charge in [0.25, 0.3) is 0 Å². The van der Waals surface area contributed by atoms with Gasteiger partial charge in [-0.25, -0.2) is 9.78 Å². The minimum absolute atomic E-state index is 0.109. The summed E-state index contributed by atoms with van der Waals surface area (Å²) < 4.78 is 2.19. The zero-order chi connectivity index (χ0) is 31.8. The molecule has 1 N–H and O–H groups in total. The zero-order valence-electron chi connectivity index (χ0n) is 25.6. The number of carbonyl (C=O) groups excluding carboxylic acids is 1. The number of aromatic nitrogens is 3. The molecule has 8 nitrogen and oxygen atoms in total. The molecule has 4 aromatic rings. The molecule has 1 fully saturated rings. The van der Waals surface area contributed by atoms with E-state index in [1.807, 2.05) is 42.5 Å². The molecule has 0 bridgehead atoms. The van der Waals surface area contributed by atoms with Crippen molar-refractivity contribution in [2.75, 3.05) is 18.4 Å². The highest BCUT2D eigenvalue weighted by Gasteiger charge is 2.35. The first kappa shape index (κ1) is 31.5. The number of nitrogens with zero attached hydrogens (tertiary/aromatic N) is 6. The largest absolute Gasteiger partial charge is 0.335 e. The van der Waals surface area contributed by atoms with Crippen molar-refractivity contribution in [3.63, 3.8) is 0 Å². The minimum Gasteiger partial charge on any atom is -0.335 e. The third kappa shape index (κ3) is 7.42. The molecule has 2 aromatic heterocycles. The van der Waals surface area contributed by atoms with Gasteiger partial charge in [-0.15, -0.1) is 0 Å². The van der Waals surface area contributed by atoms with Crippen LogP contribution in [0.2, 0.25) is 5.02 Å². The van der Waals surface area contributed by atoms with Gasteiger partial charge >= 0.3 is 6.03 Å². The number of nitriles is 2. The molecule has 3 heterocycles. The van der Waals surface area contributed by atoms with Crippen LogP contribution < -0.4 is 5.32 Å². The minimum atomic E-state index is -0.109. The van der Waals surface area contributed by atoms with Crippen LogP contribution in [0.25, 0.3) is 11.6 Å². The van der Waals surface area contributed by atoms with Crippen molar-refractivity contribution in [3.05, 3.63) is 112 Å². The normalized spacial score (nSPS) is 15.6. The van der Waals surface area contributed by atoms with Gasteiger partial charge in [-0.3, -0.25) is 4.98 Å². The number of allylic oxidation sites excluding steroid dienone is 1. The van der Waals surface area contributed by atoms with Gasteiger partial charge in [-0.05, 0) is 109 Å². The van der Waals surface area contributed by atoms with Crippen molar-refractivity contribution in [3.8, 4) is 12.1 Å². The molecule has 2 aromatic carbocycles. The van der Waals surface area contributed by atoms with E-state index < -0.39 is 0 Å². The number of halogens is 1. The maximum atomic E-state index is 13.1. The molecule has 0 saturated carbocycles. The van der Waals surface area contributed by atoms with Crippen molar-refractivity contribution < 1.29 is 4.79 Å². The highest BCUT2D eigenvalue weighted by atomic mass is 35.5. The topological polar surface area (TPSA) is 111 Å². The summed E-state index contributed by atoms with van der Waals surface area (Å²) in [4.78, 5) is 24.2. The van der Waals surface area contributed by atoms with Gasteiger partial charge in [-0.1, -0.05) is 23.7 Å². The fourth-order valence-corrected chi connectivity index (χ4v) is 6.50. The Morgan fingerprint density at radius 1 is 1.07 bits per heavy atom. The van der Waals surface area contributed by atoms with Crippen LogP contribution in [0.4, 0.5) is 10.5 Å². The third-order valence-electron chi connectivity index (χ3n) is 8.52. The molecule has 6 rings (SSSR count). The van der Waals surface area contributed by atoms with Crippen LogP contribution in [-0.4, -0.2) is 38.6 Å². The van der Waals surface area contributed by atoms with Crippen LogP contribution in [0.1, 0.15) is 72.3 Å². The lowest BCUT2D eigenvalue weighted by atomic mass is 9.76. The SMILES string of the molecule is CC#N.Cc1nccn1CCCC1=Cc2cccnc2C(C2CCN(C(=O)Nc3ccc(C#N)cc3)CC2)c2ccc(Cl)cc21. The molecular weight excluding hydrogens is 582 g/mol. The average molecular weight is 618 g/mol. The lowest BCUT2D eigenvalue weighted by Crippen LogP contribution is -2.42. The third-order valence-corrected chi connectivity index (χ3v) is 8.76. The maximum absolute atomic E-state index is 13.1. The van der Waals surface area contributed by atoms with E-state index >= 15 is 0 Å². The molecule has 228 valence electrons. The Kier molecular flexibility index (Phi) is 10.3. The number of carbonyl (C=O) groups is 1. The second-order valence-corrected chi connectivity index (χ2v) is 11.7. The van der Waals surface area contributed by atoms with Crippen molar-refractivity contribution >= 4 is 35.0 Å². The van der Waals surface area contributed by atoms with Gasteiger partial charge in [0.2, 0.25) is 0 Å². The van der Waals surface area contributed by atoms with Gasteiger partial charge in [-0.2, -0.15) is 10.5 Å². The number of hydrogen-bond acceptors (Lipinski definition) is 5. The Balaban J connectivity index is 0.00000128. The van der Waals surface area contributed by atoms with E-state index in [0.717, 1.165) is 54.3 Å². The van der Waals surface area contributed by atoms with Crippen molar-refractivity contribution in [2.24, 2.45) is 5.92 Å². The first-order valence-electron chi connectivity index (χ1n) is 15.2. The number of benzene rings is 2. The molecule has 2 aliphatic rings. The van der Waals surface area contributed by atoms with E-state index in [1.165, 1.54) is 23.6 Å². The predicted molar refractivity (Wildman–Crippen MR) is 177 cm³/mol. The van der Waals surface area contributed by atoms with E-state index in [4.69, 9.17) is 27.1 Å². The predicted octanol–water partition coefficient (Wildman–Crippen LogP) is 8.05. The number of nitrogens with one attached hydrogen (secondary N) is 1. The molecule has 0 spiro atoms. The highest BCUT2D eigenvalue weighted by Crippen LogP contribution is 2.45. The number of amides is 2. The van der Waals surface area contributed by atoms with Gasteiger partial charge in [0, 0.05) is 61.8 Å². The van der Waals surface area contributed by atoms with E-state index in [1.54, 1.807) is 30.3 Å². The quantitative estimate of drug-likeness (QED) is 0.235. The van der Waals surface area contributed by atoms with Crippen molar-refractivity contribution in [2.45, 2.75) is 52.0 Å². The average Bonchev–Trinajstić information content (AvgIpc) is 3.41. The standard InChI is InChI=1S/C34H33ClN6O.C2H3N/c1-23-37-15-19-40(23)16-3-5-26-20-27-4-2-14-38-33(27)32(30-11-8-28(35)21-31(26)30)25-12-17-41(18-13-25)34(42)39-29-9-6-24(22-36)7-10-29;1-2-3/h2,4,6-11,14-15,19-21,25,32H,3,5,12-13,16-18H2,1H3,(H,39,42);1H3. The van der Waals surface area contributed by atoms with Crippen LogP contribution in [0.5, 0.6) is 0 Å². The summed E-state index contributed by atoms with van der Waals surface area (Å²) in [6.45, 7) is 5.71. The molecule has 1 saturated heterocycles. The first-order valence-corrected chi connectivity index (χ1v) is 15.6. The molecular formula is C36H36ClN7O. The monoisotopic (exact) mass is 617 g/mol. The van der Waals surface area contributed by atoms with Crippen LogP contribution in [0.3, 0.4) is 0 Å². The van der Waals surface area contributed by atoms with E-state index in [2.05, 4.69) is 45.2 Å². The molecule has 1 aliphatic heterocycles. The lowest BCUT2D eigenvalue weighted by Gasteiger charge is -2.36. The lowest BCUT2D eigenvalue weighted by molar-refractivity contribution is 0.177. The molecule has 9 heteroatoms. The van der Waals surface area contributed by atoms with Crippen LogP contribution >= 0.6 is 11.6 Å². The Hall–Kier alpha value is -4.92. The summed E-state index contributed by atoms with van der Waals surface area (Å²) in [5.41, 5.74) is 7.26. The molecule has 2 amide bonds. The molecule has 1 atom stereocenters. The number of pyridine rings is 1. The zero-order valence-corrected chi connectivity index (χ0v) is 26.3. The molecule has 1 unspecified atom stereocenters. The van der Waals surface area contributed by atoms with Crippen LogP contribution in [0, 0.1) is 35.5 Å². The van der Waals surface area contributed by atoms with Gasteiger partial charge < -0.3 is 14.8 Å². The Bertz CT molecular complexity index is 1760. The van der Waals surface area contributed by atoms with E-state index in [-0.39, 0.29) is 11.9 Å². The summed E-state index contributed by atoms with van der Waals surface area (Å²) in [5, 5.41) is 20.1. The summed E-state index contributed by atoms with van der Waals surface area (Å²) in [6.07, 6.45) is 11.7. The number of rotatable bonds is 6. The Labute approximate surface area is 269 Å². The number of urea groups is 1.